The van der Waals surface area contributed by atoms with E-state index >= 15 is 0 Å². The third-order valence-corrected chi connectivity index (χ3v) is 4.51. The van der Waals surface area contributed by atoms with Crippen molar-refractivity contribution in [2.45, 2.75) is 13.0 Å². The zero-order valence-corrected chi connectivity index (χ0v) is 14.7. The Bertz CT molecular complexity index is 713. The fraction of sp³-hybridized carbons (Fsp3) is 0.316. The van der Waals surface area contributed by atoms with Gasteiger partial charge in [-0.25, -0.2) is 4.39 Å². The van der Waals surface area contributed by atoms with Gasteiger partial charge >= 0.3 is 0 Å². The number of carbonyl (C=O) groups excluding carboxylic acids is 1. The molecule has 0 aliphatic carbocycles. The number of hydrogen-bond acceptors (Lipinski definition) is 3. The number of rotatable bonds is 4. The topological polar surface area (TPSA) is 32.8 Å². The largest absolute Gasteiger partial charge is 0.481 e. The van der Waals surface area contributed by atoms with Crippen LogP contribution in [0.2, 0.25) is 5.02 Å². The van der Waals surface area contributed by atoms with E-state index in [0.717, 1.165) is 5.69 Å². The van der Waals surface area contributed by atoms with Crippen molar-refractivity contribution in [2.24, 2.45) is 0 Å². The molecular formula is C19H20ClFN2O2. The number of benzene rings is 2. The number of ether oxygens (including phenoxy) is 1. The molecule has 2 aromatic carbocycles. The van der Waals surface area contributed by atoms with Crippen LogP contribution in [0.5, 0.6) is 5.75 Å². The van der Waals surface area contributed by atoms with Crippen molar-refractivity contribution < 1.29 is 13.9 Å². The molecule has 0 spiro atoms. The van der Waals surface area contributed by atoms with Crippen LogP contribution in [0.4, 0.5) is 10.1 Å². The van der Waals surface area contributed by atoms with E-state index in [1.165, 1.54) is 12.1 Å². The molecular weight excluding hydrogens is 343 g/mol. The van der Waals surface area contributed by atoms with Gasteiger partial charge in [0.1, 0.15) is 11.6 Å². The van der Waals surface area contributed by atoms with E-state index in [9.17, 15) is 9.18 Å². The molecule has 1 heterocycles. The minimum Gasteiger partial charge on any atom is -0.481 e. The van der Waals surface area contributed by atoms with Crippen molar-refractivity contribution in [3.63, 3.8) is 0 Å². The van der Waals surface area contributed by atoms with Crippen LogP contribution in [-0.2, 0) is 4.79 Å². The standard InChI is InChI=1S/C19H20ClFN2O2/c1-14(25-18-8-2-15(20)3-9-18)19(24)23-12-10-22(11-13-23)17-6-4-16(21)5-7-17/h2-9,14H,10-13H2,1H3. The second-order valence-corrected chi connectivity index (χ2v) is 6.44. The Balaban J connectivity index is 1.53. The van der Waals surface area contributed by atoms with Crippen molar-refractivity contribution in [3.05, 3.63) is 59.4 Å². The highest BCUT2D eigenvalue weighted by Crippen LogP contribution is 2.19. The summed E-state index contributed by atoms with van der Waals surface area (Å²) in [5.74, 6) is 0.342. The Hall–Kier alpha value is -2.27. The Kier molecular flexibility index (Phi) is 5.43. The molecule has 132 valence electrons. The van der Waals surface area contributed by atoms with Gasteiger partial charge in [0, 0.05) is 36.9 Å². The van der Waals surface area contributed by atoms with Gasteiger partial charge in [-0.15, -0.1) is 0 Å². The summed E-state index contributed by atoms with van der Waals surface area (Å²) in [7, 11) is 0. The van der Waals surface area contributed by atoms with Crippen molar-refractivity contribution in [1.82, 2.24) is 4.90 Å². The second kappa shape index (κ2) is 7.74. The van der Waals surface area contributed by atoms with Crippen LogP contribution in [0.25, 0.3) is 0 Å². The molecule has 2 aromatic rings. The molecule has 0 N–H and O–H groups in total. The smallest absolute Gasteiger partial charge is 0.263 e. The zero-order valence-electron chi connectivity index (χ0n) is 14.0. The highest BCUT2D eigenvalue weighted by atomic mass is 35.5. The molecule has 1 aliphatic heterocycles. The van der Waals surface area contributed by atoms with Crippen LogP contribution in [0, 0.1) is 5.82 Å². The molecule has 1 saturated heterocycles. The zero-order chi connectivity index (χ0) is 17.8. The fourth-order valence-corrected chi connectivity index (χ4v) is 2.99. The predicted molar refractivity (Wildman–Crippen MR) is 96.7 cm³/mol. The lowest BCUT2D eigenvalue weighted by Crippen LogP contribution is -2.52. The summed E-state index contributed by atoms with van der Waals surface area (Å²) < 4.78 is 18.7. The minimum absolute atomic E-state index is 0.0336. The van der Waals surface area contributed by atoms with Gasteiger partial charge in [-0.05, 0) is 55.5 Å². The summed E-state index contributed by atoms with van der Waals surface area (Å²) >= 11 is 5.85. The minimum atomic E-state index is -0.557. The molecule has 1 atom stereocenters. The van der Waals surface area contributed by atoms with Gasteiger partial charge in [0.25, 0.3) is 5.91 Å². The molecule has 3 rings (SSSR count). The van der Waals surface area contributed by atoms with E-state index in [1.54, 1.807) is 48.2 Å². The highest BCUT2D eigenvalue weighted by Gasteiger charge is 2.26. The maximum absolute atomic E-state index is 13.0. The molecule has 1 aliphatic rings. The van der Waals surface area contributed by atoms with E-state index in [0.29, 0.717) is 37.0 Å². The average Bonchev–Trinajstić information content (AvgIpc) is 2.64. The summed E-state index contributed by atoms with van der Waals surface area (Å²) in [4.78, 5) is 16.5. The van der Waals surface area contributed by atoms with E-state index in [2.05, 4.69) is 4.90 Å². The third kappa shape index (κ3) is 4.42. The van der Waals surface area contributed by atoms with E-state index < -0.39 is 6.10 Å². The molecule has 0 saturated carbocycles. The van der Waals surface area contributed by atoms with Crippen molar-refractivity contribution in [2.75, 3.05) is 31.1 Å². The van der Waals surface area contributed by atoms with Crippen LogP contribution in [0.3, 0.4) is 0 Å². The van der Waals surface area contributed by atoms with Crippen molar-refractivity contribution in [1.29, 1.82) is 0 Å². The van der Waals surface area contributed by atoms with Crippen LogP contribution in [-0.4, -0.2) is 43.1 Å². The molecule has 25 heavy (non-hydrogen) atoms. The van der Waals surface area contributed by atoms with Crippen LogP contribution in [0.15, 0.2) is 48.5 Å². The number of nitrogens with zero attached hydrogens (tertiary/aromatic N) is 2. The first kappa shape index (κ1) is 17.5. The molecule has 0 aromatic heterocycles. The molecule has 1 amide bonds. The summed E-state index contributed by atoms with van der Waals surface area (Å²) in [6.07, 6.45) is -0.557. The Morgan fingerprint density at radius 1 is 1.04 bits per heavy atom. The van der Waals surface area contributed by atoms with Gasteiger partial charge in [-0.1, -0.05) is 11.6 Å². The summed E-state index contributed by atoms with van der Waals surface area (Å²) in [6, 6.07) is 13.4. The molecule has 1 unspecified atom stereocenters. The van der Waals surface area contributed by atoms with Gasteiger partial charge in [0.15, 0.2) is 6.10 Å². The first-order chi connectivity index (χ1) is 12.0. The molecule has 0 bridgehead atoms. The summed E-state index contributed by atoms with van der Waals surface area (Å²) in [6.45, 7) is 4.41. The highest BCUT2D eigenvalue weighted by molar-refractivity contribution is 6.30. The third-order valence-electron chi connectivity index (χ3n) is 4.26. The monoisotopic (exact) mass is 362 g/mol. The normalized spacial score (nSPS) is 15.8. The number of halogens is 2. The maximum atomic E-state index is 13.0. The lowest BCUT2D eigenvalue weighted by atomic mass is 10.2. The number of piperazine rings is 1. The fourth-order valence-electron chi connectivity index (χ4n) is 2.86. The molecule has 6 heteroatoms. The van der Waals surface area contributed by atoms with E-state index in [-0.39, 0.29) is 11.7 Å². The van der Waals surface area contributed by atoms with Crippen LogP contribution < -0.4 is 9.64 Å². The van der Waals surface area contributed by atoms with Gasteiger partial charge in [-0.2, -0.15) is 0 Å². The van der Waals surface area contributed by atoms with Crippen LogP contribution >= 0.6 is 11.6 Å². The van der Waals surface area contributed by atoms with E-state index in [1.807, 2.05) is 0 Å². The number of amides is 1. The number of anilines is 1. The second-order valence-electron chi connectivity index (χ2n) is 6.00. The Labute approximate surface area is 151 Å². The van der Waals surface area contributed by atoms with Gasteiger partial charge < -0.3 is 14.5 Å². The van der Waals surface area contributed by atoms with Crippen molar-refractivity contribution >= 4 is 23.2 Å². The molecule has 1 fully saturated rings. The van der Waals surface area contributed by atoms with Crippen LogP contribution in [0.1, 0.15) is 6.92 Å². The Morgan fingerprint density at radius 3 is 2.24 bits per heavy atom. The number of hydrogen-bond donors (Lipinski definition) is 0. The molecule has 0 radical (unpaired) electrons. The predicted octanol–water partition coefficient (Wildman–Crippen LogP) is 3.60. The van der Waals surface area contributed by atoms with Crippen molar-refractivity contribution in [3.8, 4) is 5.75 Å². The summed E-state index contributed by atoms with van der Waals surface area (Å²) in [5, 5.41) is 0.628. The number of carbonyl (C=O) groups is 1. The Morgan fingerprint density at radius 2 is 1.64 bits per heavy atom. The van der Waals surface area contributed by atoms with Gasteiger partial charge in [0.2, 0.25) is 0 Å². The molecule has 4 nitrogen and oxygen atoms in total. The lowest BCUT2D eigenvalue weighted by molar-refractivity contribution is -0.138. The maximum Gasteiger partial charge on any atom is 0.263 e. The SMILES string of the molecule is CC(Oc1ccc(Cl)cc1)C(=O)N1CCN(c2ccc(F)cc2)CC1. The first-order valence-corrected chi connectivity index (χ1v) is 8.62. The van der Waals surface area contributed by atoms with Gasteiger partial charge in [-0.3, -0.25) is 4.79 Å². The van der Waals surface area contributed by atoms with Gasteiger partial charge in [0.05, 0.1) is 0 Å². The summed E-state index contributed by atoms with van der Waals surface area (Å²) in [5.41, 5.74) is 0.971. The lowest BCUT2D eigenvalue weighted by Gasteiger charge is -2.37. The average molecular weight is 363 g/mol. The first-order valence-electron chi connectivity index (χ1n) is 8.24. The quantitative estimate of drug-likeness (QED) is 0.833. The van der Waals surface area contributed by atoms with E-state index in [4.69, 9.17) is 16.3 Å².